The quantitative estimate of drug-likeness (QED) is 0.700. The lowest BCUT2D eigenvalue weighted by Gasteiger charge is -2.07. The molecule has 0 fully saturated rings. The van der Waals surface area contributed by atoms with E-state index in [2.05, 4.69) is 10.1 Å². The number of nitrogens with zero attached hydrogens (tertiary/aromatic N) is 3. The molecule has 0 aliphatic carbocycles. The van der Waals surface area contributed by atoms with Gasteiger partial charge in [-0.25, -0.2) is 9.67 Å². The van der Waals surface area contributed by atoms with Crippen LogP contribution in [0, 0.1) is 0 Å². The van der Waals surface area contributed by atoms with Crippen molar-refractivity contribution in [2.45, 2.75) is 20.1 Å². The van der Waals surface area contributed by atoms with Crippen molar-refractivity contribution in [3.63, 3.8) is 0 Å². The highest BCUT2D eigenvalue weighted by atomic mass is 16.5. The molecule has 2 rings (SSSR count). The zero-order valence-corrected chi connectivity index (χ0v) is 10.0. The average Bonchev–Trinajstić information content (AvgIpc) is 2.84. The van der Waals surface area contributed by atoms with Crippen molar-refractivity contribution < 1.29 is 14.8 Å². The first-order valence-corrected chi connectivity index (χ1v) is 5.66. The van der Waals surface area contributed by atoms with Crippen molar-refractivity contribution in [3.05, 3.63) is 36.4 Å². The number of hydrogen-bond acceptors (Lipinski definition) is 5. The van der Waals surface area contributed by atoms with Gasteiger partial charge in [-0.3, -0.25) is 0 Å². The Morgan fingerprint density at radius 3 is 2.61 bits per heavy atom. The predicted octanol–water partition coefficient (Wildman–Crippen LogP) is -0.443. The summed E-state index contributed by atoms with van der Waals surface area (Å²) < 4.78 is 7.30. The fourth-order valence-electron chi connectivity index (χ4n) is 1.55. The Morgan fingerprint density at radius 1 is 1.28 bits per heavy atom. The number of hydrogen-bond donors (Lipinski definition) is 2. The summed E-state index contributed by atoms with van der Waals surface area (Å²) in [6.45, 7) is 3.05. The fourth-order valence-corrected chi connectivity index (χ4v) is 1.55. The van der Waals surface area contributed by atoms with Crippen LogP contribution in [0.15, 0.2) is 30.6 Å². The van der Waals surface area contributed by atoms with Gasteiger partial charge in [-0.15, -0.1) is 0 Å². The van der Waals surface area contributed by atoms with Crippen LogP contribution in [0.25, 0.3) is 0 Å². The van der Waals surface area contributed by atoms with Crippen molar-refractivity contribution in [1.29, 1.82) is 0 Å². The summed E-state index contributed by atoms with van der Waals surface area (Å²) in [5.74, 6) is 1.40. The van der Waals surface area contributed by atoms with Crippen LogP contribution in [0.2, 0.25) is 0 Å². The molecule has 1 aromatic heterocycles. The van der Waals surface area contributed by atoms with Gasteiger partial charge in [-0.2, -0.15) is 5.10 Å². The van der Waals surface area contributed by atoms with Crippen molar-refractivity contribution >= 4 is 12.6 Å². The molecular formula is C11H14BN3O3. The SMILES string of the molecule is CCn1ncnc1COc1ccc(B(O)O)cc1. The lowest BCUT2D eigenvalue weighted by atomic mass is 9.80. The molecule has 0 unspecified atom stereocenters. The number of aryl methyl sites for hydroxylation is 1. The Morgan fingerprint density at radius 2 is 2.00 bits per heavy atom. The molecule has 18 heavy (non-hydrogen) atoms. The first kappa shape index (κ1) is 12.6. The topological polar surface area (TPSA) is 80.4 Å². The minimum absolute atomic E-state index is 0.328. The Balaban J connectivity index is 1.98. The van der Waals surface area contributed by atoms with Crippen LogP contribution < -0.4 is 10.2 Å². The summed E-state index contributed by atoms with van der Waals surface area (Å²) in [5.41, 5.74) is 0.430. The Hall–Kier alpha value is -1.86. The molecule has 0 aliphatic heterocycles. The molecule has 0 saturated carbocycles. The standard InChI is InChI=1S/C11H14BN3O3/c1-2-15-11(13-8-14-15)7-18-10-5-3-9(4-6-10)12(16)17/h3-6,8,16-17H,2,7H2,1H3. The Labute approximate surface area is 105 Å². The van der Waals surface area contributed by atoms with Gasteiger partial charge in [0.25, 0.3) is 0 Å². The van der Waals surface area contributed by atoms with Crippen LogP contribution in [0.1, 0.15) is 12.7 Å². The number of aromatic nitrogens is 3. The molecule has 0 spiro atoms. The lowest BCUT2D eigenvalue weighted by molar-refractivity contribution is 0.287. The maximum atomic E-state index is 8.96. The van der Waals surface area contributed by atoms with E-state index in [4.69, 9.17) is 14.8 Å². The van der Waals surface area contributed by atoms with Crippen LogP contribution in [0.4, 0.5) is 0 Å². The van der Waals surface area contributed by atoms with Crippen LogP contribution in [0.3, 0.4) is 0 Å². The monoisotopic (exact) mass is 247 g/mol. The molecule has 7 heteroatoms. The largest absolute Gasteiger partial charge is 0.488 e. The molecule has 0 saturated heterocycles. The Bertz CT molecular complexity index is 498. The maximum Gasteiger partial charge on any atom is 0.488 e. The predicted molar refractivity (Wildman–Crippen MR) is 66.3 cm³/mol. The summed E-state index contributed by atoms with van der Waals surface area (Å²) in [7, 11) is -1.46. The molecule has 6 nitrogen and oxygen atoms in total. The minimum atomic E-state index is -1.46. The van der Waals surface area contributed by atoms with Crippen LogP contribution in [-0.2, 0) is 13.2 Å². The molecule has 2 aromatic rings. The average molecular weight is 247 g/mol. The molecule has 1 heterocycles. The van der Waals surface area contributed by atoms with E-state index in [1.165, 1.54) is 6.33 Å². The number of ether oxygens (including phenoxy) is 1. The van der Waals surface area contributed by atoms with Crippen LogP contribution >= 0.6 is 0 Å². The summed E-state index contributed by atoms with van der Waals surface area (Å²) >= 11 is 0. The first-order valence-electron chi connectivity index (χ1n) is 5.66. The normalized spacial score (nSPS) is 10.4. The molecule has 0 amide bonds. The van der Waals surface area contributed by atoms with E-state index in [1.807, 2.05) is 6.92 Å². The first-order chi connectivity index (χ1) is 8.70. The van der Waals surface area contributed by atoms with E-state index < -0.39 is 7.12 Å². The molecular weight excluding hydrogens is 233 g/mol. The smallest absolute Gasteiger partial charge is 0.486 e. The lowest BCUT2D eigenvalue weighted by Crippen LogP contribution is -2.29. The van der Waals surface area contributed by atoms with E-state index in [1.54, 1.807) is 28.9 Å². The van der Waals surface area contributed by atoms with Crippen molar-refractivity contribution in [1.82, 2.24) is 14.8 Å². The third-order valence-corrected chi connectivity index (χ3v) is 2.54. The molecule has 0 bridgehead atoms. The van der Waals surface area contributed by atoms with Gasteiger partial charge < -0.3 is 14.8 Å². The third-order valence-electron chi connectivity index (χ3n) is 2.54. The second-order valence-corrected chi connectivity index (χ2v) is 3.72. The maximum absolute atomic E-state index is 8.96. The van der Waals surface area contributed by atoms with Crippen molar-refractivity contribution in [3.8, 4) is 5.75 Å². The Kier molecular flexibility index (Phi) is 3.96. The van der Waals surface area contributed by atoms with Gasteiger partial charge >= 0.3 is 7.12 Å². The van der Waals surface area contributed by atoms with E-state index in [0.29, 0.717) is 17.8 Å². The highest BCUT2D eigenvalue weighted by Crippen LogP contribution is 2.10. The fraction of sp³-hybridized carbons (Fsp3) is 0.273. The summed E-state index contributed by atoms with van der Waals surface area (Å²) in [4.78, 5) is 4.09. The van der Waals surface area contributed by atoms with Gasteiger partial charge in [-0.05, 0) is 24.5 Å². The van der Waals surface area contributed by atoms with Crippen molar-refractivity contribution in [2.24, 2.45) is 0 Å². The summed E-state index contributed by atoms with van der Waals surface area (Å²) in [6, 6.07) is 6.57. The van der Waals surface area contributed by atoms with Gasteiger partial charge in [0.05, 0.1) is 0 Å². The van der Waals surface area contributed by atoms with Gasteiger partial charge in [0.15, 0.2) is 5.82 Å². The minimum Gasteiger partial charge on any atom is -0.486 e. The molecule has 0 radical (unpaired) electrons. The molecule has 94 valence electrons. The number of benzene rings is 1. The molecule has 1 aromatic carbocycles. The third kappa shape index (κ3) is 2.88. The zero-order chi connectivity index (χ0) is 13.0. The van der Waals surface area contributed by atoms with Crippen LogP contribution in [0.5, 0.6) is 5.75 Å². The van der Waals surface area contributed by atoms with E-state index in [9.17, 15) is 0 Å². The van der Waals surface area contributed by atoms with Crippen molar-refractivity contribution in [2.75, 3.05) is 0 Å². The second-order valence-electron chi connectivity index (χ2n) is 3.72. The van der Waals surface area contributed by atoms with E-state index in [-0.39, 0.29) is 0 Å². The highest BCUT2D eigenvalue weighted by molar-refractivity contribution is 6.58. The van der Waals surface area contributed by atoms with Gasteiger partial charge in [0.1, 0.15) is 18.7 Å². The van der Waals surface area contributed by atoms with Gasteiger partial charge in [-0.1, -0.05) is 12.1 Å². The van der Waals surface area contributed by atoms with E-state index >= 15 is 0 Å². The highest BCUT2D eigenvalue weighted by Gasteiger charge is 2.10. The van der Waals surface area contributed by atoms with Gasteiger partial charge in [0.2, 0.25) is 0 Å². The summed E-state index contributed by atoms with van der Waals surface area (Å²) in [5, 5.41) is 22.0. The molecule has 2 N–H and O–H groups in total. The number of rotatable bonds is 5. The van der Waals surface area contributed by atoms with Gasteiger partial charge in [0, 0.05) is 6.54 Å². The van der Waals surface area contributed by atoms with E-state index in [0.717, 1.165) is 12.4 Å². The summed E-state index contributed by atoms with van der Waals surface area (Å²) in [6.07, 6.45) is 1.49. The molecule has 0 atom stereocenters. The van der Waals surface area contributed by atoms with Crippen LogP contribution in [-0.4, -0.2) is 31.9 Å². The second kappa shape index (κ2) is 5.66. The molecule has 0 aliphatic rings. The zero-order valence-electron chi connectivity index (χ0n) is 10.0.